The maximum atomic E-state index is 11.9. The number of carbonyl (C=O) groups is 1. The topological polar surface area (TPSA) is 46.5 Å². The van der Waals surface area contributed by atoms with Crippen molar-refractivity contribution in [3.05, 3.63) is 48.0 Å². The SMILES string of the molecule is CC(C)(C)[Si](C)(C)OCCC(O)C/C=C/C(=O)c1ccccc1. The molecule has 0 fully saturated rings. The molecule has 1 aromatic carbocycles. The molecular weight excluding hydrogens is 304 g/mol. The lowest BCUT2D eigenvalue weighted by Crippen LogP contribution is -2.41. The standard InChI is InChI=1S/C19H30O3Si/c1-19(2,3)23(4,5)22-15-14-17(20)12-9-13-18(21)16-10-7-6-8-11-16/h6-11,13,17,20H,12,14-15H2,1-5H3/b13-9+. The maximum Gasteiger partial charge on any atom is 0.191 e. The summed E-state index contributed by atoms with van der Waals surface area (Å²) in [4.78, 5) is 11.9. The lowest BCUT2D eigenvalue weighted by Gasteiger charge is -2.36. The van der Waals surface area contributed by atoms with Gasteiger partial charge in [0.2, 0.25) is 0 Å². The van der Waals surface area contributed by atoms with E-state index in [-0.39, 0.29) is 10.8 Å². The summed E-state index contributed by atoms with van der Waals surface area (Å²) in [5, 5.41) is 10.2. The van der Waals surface area contributed by atoms with Crippen LogP contribution in [0.5, 0.6) is 0 Å². The smallest absolute Gasteiger partial charge is 0.191 e. The van der Waals surface area contributed by atoms with Crippen LogP contribution in [0.1, 0.15) is 44.0 Å². The van der Waals surface area contributed by atoms with Crippen molar-refractivity contribution in [3.63, 3.8) is 0 Å². The molecule has 4 heteroatoms. The summed E-state index contributed by atoms with van der Waals surface area (Å²) in [7, 11) is -1.75. The Bertz CT molecular complexity index is 515. The lowest BCUT2D eigenvalue weighted by molar-refractivity contribution is 0.104. The second-order valence-corrected chi connectivity index (χ2v) is 12.2. The summed E-state index contributed by atoms with van der Waals surface area (Å²) >= 11 is 0. The molecule has 23 heavy (non-hydrogen) atoms. The van der Waals surface area contributed by atoms with Gasteiger partial charge in [-0.15, -0.1) is 0 Å². The van der Waals surface area contributed by atoms with Gasteiger partial charge in [0.25, 0.3) is 0 Å². The monoisotopic (exact) mass is 334 g/mol. The fourth-order valence-electron chi connectivity index (χ4n) is 1.82. The number of ketones is 1. The first-order chi connectivity index (χ1) is 10.6. The number of benzene rings is 1. The molecule has 1 unspecified atom stereocenters. The average Bonchev–Trinajstić information content (AvgIpc) is 2.46. The van der Waals surface area contributed by atoms with Crippen molar-refractivity contribution >= 4 is 14.1 Å². The average molecular weight is 335 g/mol. The van der Waals surface area contributed by atoms with Crippen LogP contribution in [-0.2, 0) is 4.43 Å². The van der Waals surface area contributed by atoms with E-state index in [1.165, 1.54) is 6.08 Å². The van der Waals surface area contributed by atoms with E-state index < -0.39 is 14.4 Å². The van der Waals surface area contributed by atoms with E-state index in [1.54, 1.807) is 18.2 Å². The summed E-state index contributed by atoms with van der Waals surface area (Å²) in [6.45, 7) is 11.6. The Morgan fingerprint density at radius 2 is 1.87 bits per heavy atom. The Balaban J connectivity index is 2.33. The summed E-state index contributed by atoms with van der Waals surface area (Å²) in [5.41, 5.74) is 0.666. The van der Waals surface area contributed by atoms with Gasteiger partial charge in [0, 0.05) is 12.2 Å². The Hall–Kier alpha value is -1.23. The zero-order valence-corrected chi connectivity index (χ0v) is 16.0. The van der Waals surface area contributed by atoms with Gasteiger partial charge in [-0.3, -0.25) is 4.79 Å². The highest BCUT2D eigenvalue weighted by Crippen LogP contribution is 2.36. The highest BCUT2D eigenvalue weighted by molar-refractivity contribution is 6.74. The lowest BCUT2D eigenvalue weighted by atomic mass is 10.1. The number of hydrogen-bond donors (Lipinski definition) is 1. The molecular formula is C19H30O3Si. The van der Waals surface area contributed by atoms with Crippen molar-refractivity contribution < 1.29 is 14.3 Å². The van der Waals surface area contributed by atoms with Crippen LogP contribution in [-0.4, -0.2) is 31.9 Å². The fraction of sp³-hybridized carbons (Fsp3) is 0.526. The predicted octanol–water partition coefficient (Wildman–Crippen LogP) is 4.59. The van der Waals surface area contributed by atoms with Crippen LogP contribution in [0.3, 0.4) is 0 Å². The zero-order valence-electron chi connectivity index (χ0n) is 15.0. The van der Waals surface area contributed by atoms with Crippen LogP contribution in [0.15, 0.2) is 42.5 Å². The molecule has 0 aromatic heterocycles. The van der Waals surface area contributed by atoms with E-state index in [0.29, 0.717) is 25.0 Å². The number of hydrogen-bond acceptors (Lipinski definition) is 3. The van der Waals surface area contributed by atoms with Gasteiger partial charge in [0.1, 0.15) is 0 Å². The van der Waals surface area contributed by atoms with Crippen LogP contribution < -0.4 is 0 Å². The zero-order chi connectivity index (χ0) is 17.5. The molecule has 1 rings (SSSR count). The predicted molar refractivity (Wildman–Crippen MR) is 98.3 cm³/mol. The van der Waals surface area contributed by atoms with Crippen molar-refractivity contribution in [1.29, 1.82) is 0 Å². The first-order valence-electron chi connectivity index (χ1n) is 8.21. The Morgan fingerprint density at radius 3 is 2.43 bits per heavy atom. The molecule has 0 aliphatic carbocycles. The Kier molecular flexibility index (Phi) is 7.38. The minimum absolute atomic E-state index is 0.0321. The molecule has 0 spiro atoms. The van der Waals surface area contributed by atoms with Gasteiger partial charge in [-0.2, -0.15) is 0 Å². The van der Waals surface area contributed by atoms with Gasteiger partial charge in [0.05, 0.1) is 6.10 Å². The highest BCUT2D eigenvalue weighted by atomic mass is 28.4. The fourth-order valence-corrected chi connectivity index (χ4v) is 2.88. The molecule has 0 bridgehead atoms. The second-order valence-electron chi connectivity index (χ2n) is 7.42. The Labute approximate surface area is 141 Å². The van der Waals surface area contributed by atoms with Gasteiger partial charge >= 0.3 is 0 Å². The van der Waals surface area contributed by atoms with Crippen LogP contribution in [0.4, 0.5) is 0 Å². The van der Waals surface area contributed by atoms with Crippen LogP contribution in [0.2, 0.25) is 18.1 Å². The van der Waals surface area contributed by atoms with E-state index in [0.717, 1.165) is 0 Å². The van der Waals surface area contributed by atoms with Crippen molar-refractivity contribution in [3.8, 4) is 0 Å². The number of allylic oxidation sites excluding steroid dienone is 1. The third-order valence-electron chi connectivity index (χ3n) is 4.46. The first-order valence-corrected chi connectivity index (χ1v) is 11.1. The van der Waals surface area contributed by atoms with Gasteiger partial charge < -0.3 is 9.53 Å². The normalized spacial score (nSPS) is 14.2. The molecule has 1 aromatic rings. The van der Waals surface area contributed by atoms with E-state index in [4.69, 9.17) is 4.43 Å². The largest absolute Gasteiger partial charge is 0.417 e. The maximum absolute atomic E-state index is 11.9. The first kappa shape index (κ1) is 19.8. The summed E-state index contributed by atoms with van der Waals surface area (Å²) < 4.78 is 6.05. The second kappa shape index (κ2) is 8.57. The quantitative estimate of drug-likeness (QED) is 0.430. The van der Waals surface area contributed by atoms with Crippen molar-refractivity contribution in [2.75, 3.05) is 6.61 Å². The third-order valence-corrected chi connectivity index (χ3v) is 8.99. The van der Waals surface area contributed by atoms with Gasteiger partial charge in [-0.1, -0.05) is 57.2 Å². The molecule has 0 radical (unpaired) electrons. The number of carbonyl (C=O) groups excluding carboxylic acids is 1. The summed E-state index contributed by atoms with van der Waals surface area (Å²) in [6.07, 6.45) is 3.87. The van der Waals surface area contributed by atoms with Crippen LogP contribution in [0, 0.1) is 0 Å². The molecule has 0 saturated heterocycles. The number of aliphatic hydroxyl groups excluding tert-OH is 1. The van der Waals surface area contributed by atoms with E-state index in [2.05, 4.69) is 33.9 Å². The van der Waals surface area contributed by atoms with E-state index >= 15 is 0 Å². The molecule has 0 heterocycles. The van der Waals surface area contributed by atoms with Crippen molar-refractivity contribution in [2.45, 2.75) is 57.8 Å². The van der Waals surface area contributed by atoms with Crippen molar-refractivity contribution in [2.24, 2.45) is 0 Å². The molecule has 0 saturated carbocycles. The minimum Gasteiger partial charge on any atom is -0.417 e. The van der Waals surface area contributed by atoms with Crippen molar-refractivity contribution in [1.82, 2.24) is 0 Å². The summed E-state index contributed by atoms with van der Waals surface area (Å²) in [6, 6.07) is 9.14. The van der Waals surface area contributed by atoms with Crippen LogP contribution >= 0.6 is 0 Å². The minimum atomic E-state index is -1.75. The van der Waals surface area contributed by atoms with Crippen LogP contribution in [0.25, 0.3) is 0 Å². The molecule has 1 atom stereocenters. The molecule has 3 nitrogen and oxygen atoms in total. The number of rotatable bonds is 8. The van der Waals surface area contributed by atoms with E-state index in [1.807, 2.05) is 18.2 Å². The molecule has 0 aliphatic rings. The molecule has 0 aliphatic heterocycles. The number of aliphatic hydroxyl groups is 1. The molecule has 0 amide bonds. The summed E-state index contributed by atoms with van der Waals surface area (Å²) in [5.74, 6) is -0.0321. The molecule has 128 valence electrons. The third kappa shape index (κ3) is 6.81. The van der Waals surface area contributed by atoms with E-state index in [9.17, 15) is 9.90 Å². The van der Waals surface area contributed by atoms with Gasteiger partial charge in [-0.25, -0.2) is 0 Å². The van der Waals surface area contributed by atoms with Gasteiger partial charge in [-0.05, 0) is 37.0 Å². The van der Waals surface area contributed by atoms with Gasteiger partial charge in [0.15, 0.2) is 14.1 Å². The highest BCUT2D eigenvalue weighted by Gasteiger charge is 2.36. The molecule has 1 N–H and O–H groups in total. The Morgan fingerprint density at radius 1 is 1.26 bits per heavy atom.